The molecule has 3 amide bonds. The third-order valence-corrected chi connectivity index (χ3v) is 5.11. The van der Waals surface area contributed by atoms with Gasteiger partial charge in [-0.05, 0) is 63.1 Å². The highest BCUT2D eigenvalue weighted by atomic mass is 16.5. The molecule has 2 aromatic carbocycles. The minimum atomic E-state index is -0.806. The quantitative estimate of drug-likeness (QED) is 0.384. The Hall–Kier alpha value is -3.59. The van der Waals surface area contributed by atoms with Crippen LogP contribution in [0, 0.1) is 6.92 Å². The minimum Gasteiger partial charge on any atom is -0.496 e. The lowest BCUT2D eigenvalue weighted by Crippen LogP contribution is -2.44. The summed E-state index contributed by atoms with van der Waals surface area (Å²) in [7, 11) is 4.46. The Bertz CT molecular complexity index is 993. The van der Waals surface area contributed by atoms with Gasteiger partial charge in [-0.1, -0.05) is 11.6 Å². The SMILES string of the molecule is CNC(=O)c1cc(NC(=O)[C@H](CCCCN)NC(=O)c2cc(C)ccc2OC)ccc1OC. The number of benzene rings is 2. The lowest BCUT2D eigenvalue weighted by molar-refractivity contribution is -0.118. The maximum absolute atomic E-state index is 13.1. The van der Waals surface area contributed by atoms with Gasteiger partial charge in [0.2, 0.25) is 5.91 Å². The van der Waals surface area contributed by atoms with Crippen LogP contribution in [0.1, 0.15) is 45.5 Å². The highest BCUT2D eigenvalue weighted by Crippen LogP contribution is 2.23. The van der Waals surface area contributed by atoms with Crippen LogP contribution in [-0.2, 0) is 4.79 Å². The Labute approximate surface area is 194 Å². The zero-order chi connectivity index (χ0) is 24.4. The van der Waals surface area contributed by atoms with Crippen LogP contribution < -0.4 is 31.2 Å². The molecule has 0 aliphatic carbocycles. The molecule has 0 spiro atoms. The van der Waals surface area contributed by atoms with E-state index in [9.17, 15) is 14.4 Å². The van der Waals surface area contributed by atoms with E-state index in [0.29, 0.717) is 42.1 Å². The van der Waals surface area contributed by atoms with Gasteiger partial charge < -0.3 is 31.2 Å². The zero-order valence-electron chi connectivity index (χ0n) is 19.5. The summed E-state index contributed by atoms with van der Waals surface area (Å²) in [5, 5.41) is 8.14. The van der Waals surface area contributed by atoms with Crippen molar-refractivity contribution in [3.8, 4) is 11.5 Å². The van der Waals surface area contributed by atoms with Crippen molar-refractivity contribution in [2.45, 2.75) is 32.2 Å². The number of nitrogens with one attached hydrogen (secondary N) is 3. The number of hydrogen-bond acceptors (Lipinski definition) is 6. The molecular formula is C24H32N4O5. The zero-order valence-corrected chi connectivity index (χ0v) is 19.5. The van der Waals surface area contributed by atoms with Crippen molar-refractivity contribution in [2.24, 2.45) is 5.73 Å². The molecule has 5 N–H and O–H groups in total. The molecule has 0 aliphatic heterocycles. The second-order valence-electron chi connectivity index (χ2n) is 7.50. The van der Waals surface area contributed by atoms with Gasteiger partial charge in [-0.15, -0.1) is 0 Å². The first-order valence-corrected chi connectivity index (χ1v) is 10.7. The molecule has 0 radical (unpaired) electrons. The van der Waals surface area contributed by atoms with Gasteiger partial charge in [-0.25, -0.2) is 0 Å². The number of aryl methyl sites for hydroxylation is 1. The van der Waals surface area contributed by atoms with Crippen molar-refractivity contribution in [2.75, 3.05) is 33.1 Å². The third-order valence-electron chi connectivity index (χ3n) is 5.11. The van der Waals surface area contributed by atoms with Gasteiger partial charge in [0.1, 0.15) is 17.5 Å². The molecule has 9 nitrogen and oxygen atoms in total. The molecule has 0 saturated carbocycles. The number of ether oxygens (including phenoxy) is 2. The first-order chi connectivity index (χ1) is 15.8. The summed E-state index contributed by atoms with van der Waals surface area (Å²) >= 11 is 0. The molecule has 2 rings (SSSR count). The van der Waals surface area contributed by atoms with Crippen LogP contribution in [0.4, 0.5) is 5.69 Å². The van der Waals surface area contributed by atoms with Crippen molar-refractivity contribution in [1.29, 1.82) is 0 Å². The van der Waals surface area contributed by atoms with E-state index in [1.165, 1.54) is 27.3 Å². The van der Waals surface area contributed by atoms with Crippen LogP contribution in [0.25, 0.3) is 0 Å². The van der Waals surface area contributed by atoms with E-state index in [0.717, 1.165) is 12.0 Å². The number of carbonyl (C=O) groups is 3. The second-order valence-corrected chi connectivity index (χ2v) is 7.50. The predicted molar refractivity (Wildman–Crippen MR) is 127 cm³/mol. The molecule has 1 atom stereocenters. The number of nitrogens with two attached hydrogens (primary N) is 1. The van der Waals surface area contributed by atoms with E-state index in [-0.39, 0.29) is 11.5 Å². The summed E-state index contributed by atoms with van der Waals surface area (Å²) in [6.45, 7) is 2.36. The molecule has 0 aliphatic rings. The Morgan fingerprint density at radius 3 is 2.18 bits per heavy atom. The van der Waals surface area contributed by atoms with Gasteiger partial charge in [0.25, 0.3) is 11.8 Å². The first-order valence-electron chi connectivity index (χ1n) is 10.7. The second kappa shape index (κ2) is 12.4. The lowest BCUT2D eigenvalue weighted by Gasteiger charge is -2.20. The van der Waals surface area contributed by atoms with E-state index in [2.05, 4.69) is 16.0 Å². The number of methoxy groups -OCH3 is 2. The van der Waals surface area contributed by atoms with Crippen molar-refractivity contribution in [3.05, 3.63) is 53.1 Å². The molecule has 178 valence electrons. The van der Waals surface area contributed by atoms with Crippen LogP contribution in [0.15, 0.2) is 36.4 Å². The topological polar surface area (TPSA) is 132 Å². The smallest absolute Gasteiger partial charge is 0.255 e. The highest BCUT2D eigenvalue weighted by Gasteiger charge is 2.24. The molecular weight excluding hydrogens is 424 g/mol. The van der Waals surface area contributed by atoms with Crippen molar-refractivity contribution in [3.63, 3.8) is 0 Å². The number of unbranched alkanes of at least 4 members (excludes halogenated alkanes) is 1. The molecule has 0 bridgehead atoms. The van der Waals surface area contributed by atoms with Gasteiger partial charge in [0, 0.05) is 12.7 Å². The summed E-state index contributed by atoms with van der Waals surface area (Å²) in [6.07, 6.45) is 1.78. The fourth-order valence-corrected chi connectivity index (χ4v) is 3.32. The number of hydrogen-bond donors (Lipinski definition) is 4. The normalized spacial score (nSPS) is 11.3. The van der Waals surface area contributed by atoms with Gasteiger partial charge >= 0.3 is 0 Å². The summed E-state index contributed by atoms with van der Waals surface area (Å²) in [4.78, 5) is 38.2. The van der Waals surface area contributed by atoms with Gasteiger partial charge in [0.05, 0.1) is 25.3 Å². The van der Waals surface area contributed by atoms with Gasteiger partial charge in [-0.3, -0.25) is 14.4 Å². The largest absolute Gasteiger partial charge is 0.496 e. The predicted octanol–water partition coefficient (Wildman–Crippen LogP) is 2.24. The van der Waals surface area contributed by atoms with Crippen molar-refractivity contribution in [1.82, 2.24) is 10.6 Å². The molecule has 0 heterocycles. The summed E-state index contributed by atoms with van der Waals surface area (Å²) in [5.41, 5.74) is 7.53. The summed E-state index contributed by atoms with van der Waals surface area (Å²) in [5.74, 6) is -0.359. The maximum Gasteiger partial charge on any atom is 0.255 e. The van der Waals surface area contributed by atoms with E-state index in [1.54, 1.807) is 24.3 Å². The van der Waals surface area contributed by atoms with Crippen LogP contribution in [0.3, 0.4) is 0 Å². The van der Waals surface area contributed by atoms with Gasteiger partial charge in [-0.2, -0.15) is 0 Å². The number of carbonyl (C=O) groups excluding carboxylic acids is 3. The van der Waals surface area contributed by atoms with Crippen molar-refractivity contribution >= 4 is 23.4 Å². The Kier molecular flexibility index (Phi) is 9.68. The van der Waals surface area contributed by atoms with Crippen LogP contribution in [0.5, 0.6) is 11.5 Å². The molecule has 0 fully saturated rings. The Morgan fingerprint density at radius 1 is 0.939 bits per heavy atom. The summed E-state index contributed by atoms with van der Waals surface area (Å²) in [6, 6.07) is 9.21. The fourth-order valence-electron chi connectivity index (χ4n) is 3.32. The molecule has 0 saturated heterocycles. The number of amides is 3. The van der Waals surface area contributed by atoms with Crippen molar-refractivity contribution < 1.29 is 23.9 Å². The third kappa shape index (κ3) is 6.95. The molecule has 33 heavy (non-hydrogen) atoms. The number of rotatable bonds is 11. The minimum absolute atomic E-state index is 0.283. The average molecular weight is 457 g/mol. The van der Waals surface area contributed by atoms with E-state index in [1.807, 2.05) is 13.0 Å². The maximum atomic E-state index is 13.1. The standard InChI is InChI=1S/C24H32N4O5/c1-15-8-10-20(32-3)17(13-15)23(30)28-19(7-5-6-12-25)24(31)27-16-9-11-21(33-4)18(14-16)22(29)26-2/h8-11,13-14,19H,5-7,12,25H2,1-4H3,(H,26,29)(H,27,31)(H,28,30)/t19-/m0/s1. The highest BCUT2D eigenvalue weighted by molar-refractivity contribution is 6.03. The number of anilines is 1. The van der Waals surface area contributed by atoms with Crippen LogP contribution in [0.2, 0.25) is 0 Å². The van der Waals surface area contributed by atoms with E-state index < -0.39 is 17.9 Å². The Balaban J connectivity index is 2.25. The Morgan fingerprint density at radius 2 is 1.58 bits per heavy atom. The summed E-state index contributed by atoms with van der Waals surface area (Å²) < 4.78 is 10.5. The first kappa shape index (κ1) is 25.7. The van der Waals surface area contributed by atoms with Crippen LogP contribution in [-0.4, -0.2) is 51.6 Å². The molecule has 2 aromatic rings. The monoisotopic (exact) mass is 456 g/mol. The van der Waals surface area contributed by atoms with E-state index in [4.69, 9.17) is 15.2 Å². The van der Waals surface area contributed by atoms with Gasteiger partial charge in [0.15, 0.2) is 0 Å². The fraction of sp³-hybridized carbons (Fsp3) is 0.375. The molecule has 0 aromatic heterocycles. The van der Waals surface area contributed by atoms with E-state index >= 15 is 0 Å². The lowest BCUT2D eigenvalue weighted by atomic mass is 10.1. The molecule has 9 heteroatoms. The average Bonchev–Trinajstić information content (AvgIpc) is 2.82. The molecule has 0 unspecified atom stereocenters. The van der Waals surface area contributed by atoms with Crippen LogP contribution >= 0.6 is 0 Å².